The summed E-state index contributed by atoms with van der Waals surface area (Å²) in [5.74, 6) is -0.0860. The van der Waals surface area contributed by atoms with Gasteiger partial charge in [0.1, 0.15) is 12.2 Å². The van der Waals surface area contributed by atoms with Gasteiger partial charge in [-0.3, -0.25) is 14.3 Å². The summed E-state index contributed by atoms with van der Waals surface area (Å²) in [5, 5.41) is 9.84. The Hall–Kier alpha value is -1.95. The van der Waals surface area contributed by atoms with Crippen molar-refractivity contribution in [3.05, 3.63) is 16.7 Å². The number of nitrogens with zero attached hydrogens (tertiary/aromatic N) is 3. The number of H-pyrrole nitrogens is 1. The molecule has 3 rings (SSSR count). The Morgan fingerprint density at radius 2 is 1.62 bits per heavy atom. The number of aromatic nitrogens is 4. The lowest BCUT2D eigenvalue weighted by molar-refractivity contribution is -0.0705. The molecule has 5 N–H and O–H groups in total. The summed E-state index contributed by atoms with van der Waals surface area (Å²) in [7, 11) is -2.97. The molecule has 1 saturated heterocycles. The largest absolute Gasteiger partial charge is 0.695 e. The van der Waals surface area contributed by atoms with Crippen molar-refractivity contribution in [3.63, 3.8) is 0 Å². The van der Waals surface area contributed by atoms with Gasteiger partial charge in [0.15, 0.2) is 23.5 Å². The molecule has 220 valence electrons. The van der Waals surface area contributed by atoms with Crippen LogP contribution < -0.4 is 11.3 Å². The molecule has 1 fully saturated rings. The van der Waals surface area contributed by atoms with Gasteiger partial charge in [-0.1, -0.05) is 90.4 Å². The van der Waals surface area contributed by atoms with E-state index < -0.39 is 45.0 Å². The van der Waals surface area contributed by atoms with Crippen molar-refractivity contribution in [1.82, 2.24) is 19.5 Å². The van der Waals surface area contributed by atoms with Crippen LogP contribution in [0.5, 0.6) is 0 Å². The van der Waals surface area contributed by atoms with Crippen LogP contribution in [0.15, 0.2) is 11.1 Å². The SMILES string of the molecule is CCCCCCCCCCCCCCCCOC1C(O[P+](=O)O)C(CO)OC1n1cnc2c(=O)[nH]c(N)nc21. The number of ether oxygens (including phenoxy) is 2. The highest BCUT2D eigenvalue weighted by Gasteiger charge is 2.51. The van der Waals surface area contributed by atoms with Crippen LogP contribution in [0.2, 0.25) is 0 Å². The number of unbranched alkanes of at least 4 members (excludes halogenated alkanes) is 13. The number of nitrogen functional groups attached to an aromatic ring is 1. The van der Waals surface area contributed by atoms with E-state index in [-0.39, 0.29) is 17.1 Å². The number of aromatic amines is 1. The van der Waals surface area contributed by atoms with Crippen LogP contribution in [0.3, 0.4) is 0 Å². The first-order valence-electron chi connectivity index (χ1n) is 14.4. The zero-order chi connectivity index (χ0) is 28.0. The molecule has 5 unspecified atom stereocenters. The highest BCUT2D eigenvalue weighted by Crippen LogP contribution is 2.38. The number of hydrogen-bond donors (Lipinski definition) is 4. The van der Waals surface area contributed by atoms with E-state index in [1.807, 2.05) is 0 Å². The van der Waals surface area contributed by atoms with Gasteiger partial charge in [-0.05, 0) is 6.42 Å². The van der Waals surface area contributed by atoms with Crippen LogP contribution in [0.1, 0.15) is 103 Å². The van der Waals surface area contributed by atoms with Crippen molar-refractivity contribution in [2.24, 2.45) is 0 Å². The molecule has 13 heteroatoms. The maximum Gasteiger partial charge on any atom is 0.695 e. The van der Waals surface area contributed by atoms with Crippen molar-refractivity contribution >= 4 is 25.4 Å². The first-order chi connectivity index (χ1) is 19.0. The zero-order valence-electron chi connectivity index (χ0n) is 23.0. The number of hydrogen-bond acceptors (Lipinski definition) is 9. The second-order valence-electron chi connectivity index (χ2n) is 10.3. The van der Waals surface area contributed by atoms with Crippen molar-refractivity contribution in [2.75, 3.05) is 18.9 Å². The number of nitrogens with one attached hydrogen (secondary N) is 1. The minimum absolute atomic E-state index is 0.0664. The van der Waals surface area contributed by atoms with E-state index in [1.165, 1.54) is 81.5 Å². The predicted molar refractivity (Wildman–Crippen MR) is 148 cm³/mol. The Bertz CT molecular complexity index is 1060. The van der Waals surface area contributed by atoms with Gasteiger partial charge >= 0.3 is 8.25 Å². The fourth-order valence-corrected chi connectivity index (χ4v) is 5.60. The summed E-state index contributed by atoms with van der Waals surface area (Å²) in [6.45, 7) is 2.18. The lowest BCUT2D eigenvalue weighted by atomic mass is 10.0. The summed E-state index contributed by atoms with van der Waals surface area (Å²) in [5.41, 5.74) is 5.46. The van der Waals surface area contributed by atoms with Gasteiger partial charge in [0.05, 0.1) is 12.9 Å². The molecule has 2 aromatic rings. The third kappa shape index (κ3) is 9.58. The van der Waals surface area contributed by atoms with Crippen LogP contribution in [0.4, 0.5) is 5.95 Å². The number of anilines is 1. The third-order valence-electron chi connectivity index (χ3n) is 7.21. The average Bonchev–Trinajstić information content (AvgIpc) is 3.47. The molecule has 0 spiro atoms. The number of nitrogens with two attached hydrogens (primary N) is 1. The van der Waals surface area contributed by atoms with Crippen LogP contribution in [0.25, 0.3) is 11.2 Å². The Kier molecular flexibility index (Phi) is 13.8. The predicted octanol–water partition coefficient (Wildman–Crippen LogP) is 4.49. The summed E-state index contributed by atoms with van der Waals surface area (Å²) in [6.07, 6.45) is 15.1. The number of fused-ring (bicyclic) bond motifs is 1. The second-order valence-corrected chi connectivity index (χ2v) is 10.9. The monoisotopic (exact) mass is 570 g/mol. The van der Waals surface area contributed by atoms with Gasteiger partial charge in [-0.2, -0.15) is 4.98 Å². The molecule has 0 saturated carbocycles. The molecule has 1 aliphatic rings. The minimum Gasteiger partial charge on any atom is -0.394 e. The molecule has 39 heavy (non-hydrogen) atoms. The van der Waals surface area contributed by atoms with Crippen molar-refractivity contribution in [1.29, 1.82) is 0 Å². The lowest BCUT2D eigenvalue weighted by Crippen LogP contribution is -2.37. The summed E-state index contributed by atoms with van der Waals surface area (Å²) >= 11 is 0. The molecule has 0 amide bonds. The zero-order valence-corrected chi connectivity index (χ0v) is 23.9. The van der Waals surface area contributed by atoms with Crippen LogP contribution in [-0.4, -0.2) is 61.0 Å². The van der Waals surface area contributed by atoms with E-state index in [4.69, 9.17) is 19.7 Å². The van der Waals surface area contributed by atoms with E-state index in [2.05, 4.69) is 21.9 Å². The number of imidazole rings is 1. The number of aliphatic hydroxyl groups is 1. The number of aliphatic hydroxyl groups excluding tert-OH is 1. The van der Waals surface area contributed by atoms with Gasteiger partial charge in [0, 0.05) is 11.2 Å². The quantitative estimate of drug-likeness (QED) is 0.131. The highest BCUT2D eigenvalue weighted by molar-refractivity contribution is 7.32. The van der Waals surface area contributed by atoms with Crippen LogP contribution in [0, 0.1) is 0 Å². The molecule has 5 atom stereocenters. The molecule has 0 aliphatic carbocycles. The van der Waals surface area contributed by atoms with Crippen molar-refractivity contribution < 1.29 is 28.6 Å². The van der Waals surface area contributed by atoms with Gasteiger partial charge in [-0.25, -0.2) is 4.98 Å². The first-order valence-corrected chi connectivity index (χ1v) is 15.5. The minimum atomic E-state index is -2.97. The third-order valence-corrected chi connectivity index (χ3v) is 7.63. The molecule has 12 nitrogen and oxygen atoms in total. The standard InChI is InChI=1S/C26H44N5O7P/c1-2-3-4-5-6-7-8-9-10-11-12-13-14-15-16-36-22-21(38-39(34)35)19(17-32)37-25(22)31-18-28-20-23(31)29-26(27)30-24(20)33/h18-19,21-22,25,32H,2-17H2,1H3,(H3-,27,29,30,33,34,35)/p+1. The molecule has 0 aromatic carbocycles. The van der Waals surface area contributed by atoms with E-state index in [0.29, 0.717) is 6.61 Å². The Balaban J connectivity index is 1.45. The van der Waals surface area contributed by atoms with Gasteiger partial charge in [0.2, 0.25) is 5.95 Å². The Labute approximate surface area is 230 Å². The molecule has 0 radical (unpaired) electrons. The molecular formula is C26H45N5O7P+. The maximum atomic E-state index is 12.2. The fraction of sp³-hybridized carbons (Fsp3) is 0.808. The number of rotatable bonds is 20. The topological polar surface area (TPSA) is 175 Å². The maximum absolute atomic E-state index is 12.2. The Morgan fingerprint density at radius 3 is 2.18 bits per heavy atom. The Morgan fingerprint density at radius 1 is 1.03 bits per heavy atom. The summed E-state index contributed by atoms with van der Waals surface area (Å²) in [6, 6.07) is 0. The average molecular weight is 571 g/mol. The molecule has 1 aliphatic heterocycles. The molecular weight excluding hydrogens is 525 g/mol. The second kappa shape index (κ2) is 17.0. The van der Waals surface area contributed by atoms with E-state index in [0.717, 1.165) is 19.3 Å². The molecule has 3 heterocycles. The van der Waals surface area contributed by atoms with E-state index in [1.54, 1.807) is 0 Å². The summed E-state index contributed by atoms with van der Waals surface area (Å²) < 4.78 is 30.2. The first kappa shape index (κ1) is 31.6. The summed E-state index contributed by atoms with van der Waals surface area (Å²) in [4.78, 5) is 32.3. The normalized spacial score (nSPS) is 21.7. The van der Waals surface area contributed by atoms with Crippen LogP contribution in [-0.2, 0) is 18.6 Å². The fourth-order valence-electron chi connectivity index (χ4n) is 5.13. The van der Waals surface area contributed by atoms with Gasteiger partial charge < -0.3 is 20.3 Å². The van der Waals surface area contributed by atoms with E-state index >= 15 is 0 Å². The lowest BCUT2D eigenvalue weighted by Gasteiger charge is -2.22. The van der Waals surface area contributed by atoms with E-state index in [9.17, 15) is 19.4 Å². The van der Waals surface area contributed by atoms with Crippen molar-refractivity contribution in [3.8, 4) is 0 Å². The molecule has 2 aromatic heterocycles. The van der Waals surface area contributed by atoms with Gasteiger partial charge in [-0.15, -0.1) is 9.42 Å². The van der Waals surface area contributed by atoms with Crippen molar-refractivity contribution in [2.45, 2.75) is 121 Å². The smallest absolute Gasteiger partial charge is 0.394 e. The highest BCUT2D eigenvalue weighted by atomic mass is 31.1. The van der Waals surface area contributed by atoms with Crippen LogP contribution >= 0.6 is 8.25 Å². The molecule has 0 bridgehead atoms. The van der Waals surface area contributed by atoms with Gasteiger partial charge in [0.25, 0.3) is 5.56 Å².